The van der Waals surface area contributed by atoms with Crippen LogP contribution in [0.2, 0.25) is 0 Å². The summed E-state index contributed by atoms with van der Waals surface area (Å²) < 4.78 is 0. The minimum atomic E-state index is -0.655. The molecule has 0 saturated carbocycles. The highest BCUT2D eigenvalue weighted by Crippen LogP contribution is 2.21. The summed E-state index contributed by atoms with van der Waals surface area (Å²) in [4.78, 5) is 28.6. The van der Waals surface area contributed by atoms with Crippen molar-refractivity contribution in [2.24, 2.45) is 5.92 Å². The minimum absolute atomic E-state index is 0.411. The van der Waals surface area contributed by atoms with E-state index in [4.69, 9.17) is 0 Å². The van der Waals surface area contributed by atoms with E-state index in [9.17, 15) is 9.59 Å². The average molecular weight is 323 g/mol. The molecule has 1 aliphatic rings. The highest BCUT2D eigenvalue weighted by atomic mass is 16.2. The predicted octanol–water partition coefficient (Wildman–Crippen LogP) is 2.95. The van der Waals surface area contributed by atoms with Crippen molar-refractivity contribution >= 4 is 28.4 Å². The van der Waals surface area contributed by atoms with Gasteiger partial charge in [-0.1, -0.05) is 30.4 Å². The second-order valence-electron chi connectivity index (χ2n) is 6.14. The SMILES string of the molecule is Cc1ccc2cccc(NC(=O)C(=O)NCC3CC=CCC3)c2n1. The molecular weight excluding hydrogens is 302 g/mol. The van der Waals surface area contributed by atoms with Crippen LogP contribution in [0.15, 0.2) is 42.5 Å². The lowest BCUT2D eigenvalue weighted by Crippen LogP contribution is -2.38. The van der Waals surface area contributed by atoms with Crippen molar-refractivity contribution in [3.63, 3.8) is 0 Å². The Morgan fingerprint density at radius 3 is 2.83 bits per heavy atom. The standard InChI is InChI=1S/C19H21N3O2/c1-13-10-11-15-8-5-9-16(17(15)21-13)22-19(24)18(23)20-12-14-6-3-2-4-7-14/h2-3,5,8-11,14H,4,6-7,12H2,1H3,(H,20,23)(H,22,24). The zero-order chi connectivity index (χ0) is 16.9. The lowest BCUT2D eigenvalue weighted by molar-refractivity contribution is -0.136. The van der Waals surface area contributed by atoms with E-state index in [0.717, 1.165) is 30.3 Å². The van der Waals surface area contributed by atoms with Gasteiger partial charge in [-0.3, -0.25) is 14.6 Å². The molecule has 1 aliphatic carbocycles. The Kier molecular flexibility index (Phi) is 4.89. The Bertz CT molecular complexity index is 798. The first-order valence-corrected chi connectivity index (χ1v) is 8.24. The number of fused-ring (bicyclic) bond motifs is 1. The number of carbonyl (C=O) groups excluding carboxylic acids is 2. The third-order valence-corrected chi connectivity index (χ3v) is 4.24. The summed E-state index contributed by atoms with van der Waals surface area (Å²) in [7, 11) is 0. The summed E-state index contributed by atoms with van der Waals surface area (Å²) in [6.45, 7) is 2.42. The second-order valence-corrected chi connectivity index (χ2v) is 6.14. The topological polar surface area (TPSA) is 71.1 Å². The number of nitrogens with one attached hydrogen (secondary N) is 2. The molecule has 5 nitrogen and oxygen atoms in total. The lowest BCUT2D eigenvalue weighted by Gasteiger charge is -2.17. The predicted molar refractivity (Wildman–Crippen MR) is 94.6 cm³/mol. The maximum absolute atomic E-state index is 12.1. The molecule has 2 aromatic rings. The number of nitrogens with zero attached hydrogens (tertiary/aromatic N) is 1. The van der Waals surface area contributed by atoms with E-state index in [1.807, 2.05) is 31.2 Å². The van der Waals surface area contributed by atoms with Crippen LogP contribution in [0.1, 0.15) is 25.0 Å². The maximum Gasteiger partial charge on any atom is 0.313 e. The van der Waals surface area contributed by atoms with Gasteiger partial charge in [0.25, 0.3) is 0 Å². The molecule has 0 aliphatic heterocycles. The maximum atomic E-state index is 12.1. The summed E-state index contributed by atoms with van der Waals surface area (Å²) in [6.07, 6.45) is 7.32. The second kappa shape index (κ2) is 7.25. The fourth-order valence-corrected chi connectivity index (χ4v) is 2.88. The van der Waals surface area contributed by atoms with Gasteiger partial charge in [0, 0.05) is 17.6 Å². The summed E-state index contributed by atoms with van der Waals surface area (Å²) >= 11 is 0. The molecule has 0 spiro atoms. The molecule has 1 atom stereocenters. The van der Waals surface area contributed by atoms with E-state index in [1.54, 1.807) is 6.07 Å². The third-order valence-electron chi connectivity index (χ3n) is 4.24. The number of rotatable bonds is 3. The molecule has 1 aromatic carbocycles. The van der Waals surface area contributed by atoms with Gasteiger partial charge < -0.3 is 10.6 Å². The molecule has 3 rings (SSSR count). The van der Waals surface area contributed by atoms with Gasteiger partial charge in [0.1, 0.15) is 0 Å². The molecule has 2 N–H and O–H groups in total. The van der Waals surface area contributed by atoms with Crippen molar-refractivity contribution in [3.05, 3.63) is 48.2 Å². The number of anilines is 1. The number of benzene rings is 1. The molecule has 1 aromatic heterocycles. The van der Waals surface area contributed by atoms with Gasteiger partial charge in [-0.15, -0.1) is 0 Å². The van der Waals surface area contributed by atoms with Crippen molar-refractivity contribution < 1.29 is 9.59 Å². The van der Waals surface area contributed by atoms with Gasteiger partial charge in [0.2, 0.25) is 0 Å². The fraction of sp³-hybridized carbons (Fsp3) is 0.316. The number of pyridine rings is 1. The smallest absolute Gasteiger partial charge is 0.313 e. The third kappa shape index (κ3) is 3.79. The Balaban J connectivity index is 1.65. The number of aromatic nitrogens is 1. The number of aryl methyl sites for hydroxylation is 1. The zero-order valence-electron chi connectivity index (χ0n) is 13.7. The van der Waals surface area contributed by atoms with E-state index in [0.29, 0.717) is 23.7 Å². The minimum Gasteiger partial charge on any atom is -0.348 e. The molecular formula is C19H21N3O2. The largest absolute Gasteiger partial charge is 0.348 e. The molecule has 124 valence electrons. The van der Waals surface area contributed by atoms with Crippen LogP contribution in [-0.4, -0.2) is 23.3 Å². The van der Waals surface area contributed by atoms with E-state index in [2.05, 4.69) is 27.8 Å². The van der Waals surface area contributed by atoms with Gasteiger partial charge in [-0.05, 0) is 44.2 Å². The number of carbonyl (C=O) groups is 2. The normalized spacial score (nSPS) is 16.8. The Labute approximate surface area is 141 Å². The van der Waals surface area contributed by atoms with Crippen molar-refractivity contribution in [1.82, 2.24) is 10.3 Å². The highest BCUT2D eigenvalue weighted by molar-refractivity contribution is 6.40. The average Bonchev–Trinajstić information content (AvgIpc) is 2.61. The van der Waals surface area contributed by atoms with Crippen LogP contribution < -0.4 is 10.6 Å². The molecule has 0 bridgehead atoms. The molecule has 5 heteroatoms. The zero-order valence-corrected chi connectivity index (χ0v) is 13.7. The molecule has 0 radical (unpaired) electrons. The Morgan fingerprint density at radius 2 is 2.04 bits per heavy atom. The van der Waals surface area contributed by atoms with Gasteiger partial charge in [-0.25, -0.2) is 0 Å². The summed E-state index contributed by atoms with van der Waals surface area (Å²) in [5, 5.41) is 6.32. The van der Waals surface area contributed by atoms with Crippen molar-refractivity contribution in [1.29, 1.82) is 0 Å². The lowest BCUT2D eigenvalue weighted by atomic mass is 9.94. The number of hydrogen-bond donors (Lipinski definition) is 2. The molecule has 1 heterocycles. The first-order chi connectivity index (χ1) is 11.6. The number of amides is 2. The van der Waals surface area contributed by atoms with Gasteiger partial charge in [-0.2, -0.15) is 0 Å². The van der Waals surface area contributed by atoms with Crippen LogP contribution in [0.5, 0.6) is 0 Å². The summed E-state index contributed by atoms with van der Waals surface area (Å²) in [6, 6.07) is 9.38. The Morgan fingerprint density at radius 1 is 1.17 bits per heavy atom. The monoisotopic (exact) mass is 323 g/mol. The van der Waals surface area contributed by atoms with Crippen LogP contribution >= 0.6 is 0 Å². The first kappa shape index (κ1) is 16.2. The first-order valence-electron chi connectivity index (χ1n) is 8.24. The molecule has 0 saturated heterocycles. The van der Waals surface area contributed by atoms with Crippen LogP contribution in [0, 0.1) is 12.8 Å². The van der Waals surface area contributed by atoms with E-state index >= 15 is 0 Å². The Hall–Kier alpha value is -2.69. The van der Waals surface area contributed by atoms with Crippen molar-refractivity contribution in [3.8, 4) is 0 Å². The highest BCUT2D eigenvalue weighted by Gasteiger charge is 2.17. The van der Waals surface area contributed by atoms with Crippen molar-refractivity contribution in [2.75, 3.05) is 11.9 Å². The quantitative estimate of drug-likeness (QED) is 0.674. The van der Waals surface area contributed by atoms with Crippen LogP contribution in [0.3, 0.4) is 0 Å². The van der Waals surface area contributed by atoms with Crippen LogP contribution in [0.25, 0.3) is 10.9 Å². The molecule has 1 unspecified atom stereocenters. The van der Waals surface area contributed by atoms with Crippen LogP contribution in [-0.2, 0) is 9.59 Å². The van der Waals surface area contributed by atoms with Gasteiger partial charge in [0.15, 0.2) is 0 Å². The van der Waals surface area contributed by atoms with E-state index < -0.39 is 11.8 Å². The summed E-state index contributed by atoms with van der Waals surface area (Å²) in [5.41, 5.74) is 2.10. The number of hydrogen-bond acceptors (Lipinski definition) is 3. The molecule has 0 fully saturated rings. The molecule has 24 heavy (non-hydrogen) atoms. The van der Waals surface area contributed by atoms with Gasteiger partial charge >= 0.3 is 11.8 Å². The van der Waals surface area contributed by atoms with Crippen molar-refractivity contribution in [2.45, 2.75) is 26.2 Å². The fourth-order valence-electron chi connectivity index (χ4n) is 2.88. The summed E-state index contributed by atoms with van der Waals surface area (Å²) in [5.74, 6) is -0.847. The van der Waals surface area contributed by atoms with E-state index in [-0.39, 0.29) is 0 Å². The molecule has 2 amide bonds. The number of allylic oxidation sites excluding steroid dienone is 2. The van der Waals surface area contributed by atoms with Crippen LogP contribution in [0.4, 0.5) is 5.69 Å². The van der Waals surface area contributed by atoms with E-state index in [1.165, 1.54) is 0 Å². The van der Waals surface area contributed by atoms with Gasteiger partial charge in [0.05, 0.1) is 11.2 Å². The number of para-hydroxylation sites is 1.